The smallest absolute Gasteiger partial charge is 0.258 e. The molecule has 1 aliphatic rings. The van der Waals surface area contributed by atoms with Gasteiger partial charge in [0.2, 0.25) is 0 Å². The number of nitrogens with one attached hydrogen (secondary N) is 1. The van der Waals surface area contributed by atoms with Crippen molar-refractivity contribution in [3.8, 4) is 5.75 Å². The van der Waals surface area contributed by atoms with Gasteiger partial charge in [-0.15, -0.1) is 0 Å². The van der Waals surface area contributed by atoms with Gasteiger partial charge in [0.25, 0.3) is 5.91 Å². The third kappa shape index (κ3) is 4.12. The van der Waals surface area contributed by atoms with E-state index in [9.17, 15) is 9.90 Å². The van der Waals surface area contributed by atoms with Crippen molar-refractivity contribution in [2.75, 3.05) is 6.61 Å². The predicted molar refractivity (Wildman–Crippen MR) is 78.1 cm³/mol. The lowest BCUT2D eigenvalue weighted by molar-refractivity contribution is -0.125. The second-order valence-electron chi connectivity index (χ2n) is 5.22. The molecule has 2 N–H and O–H groups in total. The van der Waals surface area contributed by atoms with Crippen molar-refractivity contribution in [3.63, 3.8) is 0 Å². The summed E-state index contributed by atoms with van der Waals surface area (Å²) in [7, 11) is 0. The van der Waals surface area contributed by atoms with E-state index >= 15 is 0 Å². The molecular formula is C15H20ClNO3. The third-order valence-corrected chi connectivity index (χ3v) is 3.81. The van der Waals surface area contributed by atoms with E-state index in [1.54, 1.807) is 18.2 Å². The molecule has 0 aliphatic heterocycles. The Bertz CT molecular complexity index is 478. The Labute approximate surface area is 124 Å². The number of halogens is 1. The molecule has 1 aromatic carbocycles. The molecule has 4 nitrogen and oxygen atoms in total. The molecule has 5 heteroatoms. The molecule has 20 heavy (non-hydrogen) atoms. The fraction of sp³-hybridized carbons (Fsp3) is 0.533. The molecular weight excluding hydrogens is 278 g/mol. The maximum absolute atomic E-state index is 11.8. The maximum atomic E-state index is 11.8. The first-order chi connectivity index (χ1) is 9.56. The lowest BCUT2D eigenvalue weighted by Crippen LogP contribution is -2.46. The number of rotatable bonds is 4. The van der Waals surface area contributed by atoms with E-state index in [4.69, 9.17) is 16.3 Å². The number of aliphatic hydroxyl groups excluding tert-OH is 1. The van der Waals surface area contributed by atoms with Crippen molar-refractivity contribution in [3.05, 3.63) is 28.8 Å². The molecule has 0 bridgehead atoms. The first kappa shape index (κ1) is 15.1. The number of hydrogen-bond acceptors (Lipinski definition) is 3. The lowest BCUT2D eigenvalue weighted by Gasteiger charge is -2.28. The number of carbonyl (C=O) groups is 1. The van der Waals surface area contributed by atoms with Crippen molar-refractivity contribution in [2.24, 2.45) is 0 Å². The topological polar surface area (TPSA) is 58.6 Å². The fourth-order valence-corrected chi connectivity index (χ4v) is 2.67. The Balaban J connectivity index is 1.82. The molecule has 0 unspecified atom stereocenters. The van der Waals surface area contributed by atoms with Gasteiger partial charge in [0.15, 0.2) is 6.61 Å². The molecule has 1 aliphatic carbocycles. The number of amides is 1. The average molecular weight is 298 g/mol. The van der Waals surface area contributed by atoms with E-state index in [-0.39, 0.29) is 18.6 Å². The van der Waals surface area contributed by atoms with Gasteiger partial charge >= 0.3 is 0 Å². The number of ether oxygens (including phenoxy) is 1. The largest absolute Gasteiger partial charge is 0.484 e. The van der Waals surface area contributed by atoms with E-state index in [0.29, 0.717) is 10.8 Å². The van der Waals surface area contributed by atoms with Crippen molar-refractivity contribution in [1.29, 1.82) is 0 Å². The van der Waals surface area contributed by atoms with Crippen LogP contribution in [-0.4, -0.2) is 29.8 Å². The summed E-state index contributed by atoms with van der Waals surface area (Å²) in [5.41, 5.74) is 0.892. The standard InChI is InChI=1S/C15H20ClNO3/c1-10-8-11(16)6-7-14(10)20-9-15(19)17-12-4-2-3-5-13(12)18/h6-8,12-13,18H,2-5,9H2,1H3,(H,17,19)/t12-,13-/m1/s1. The van der Waals surface area contributed by atoms with Gasteiger partial charge in [0.05, 0.1) is 12.1 Å². The van der Waals surface area contributed by atoms with Gasteiger partial charge < -0.3 is 15.2 Å². The quantitative estimate of drug-likeness (QED) is 0.897. The van der Waals surface area contributed by atoms with Crippen molar-refractivity contribution in [2.45, 2.75) is 44.8 Å². The van der Waals surface area contributed by atoms with Crippen LogP contribution in [0.3, 0.4) is 0 Å². The number of aryl methyl sites for hydroxylation is 1. The summed E-state index contributed by atoms with van der Waals surface area (Å²) in [6.07, 6.45) is 3.20. The zero-order chi connectivity index (χ0) is 14.5. The van der Waals surface area contributed by atoms with E-state index in [2.05, 4.69) is 5.32 Å². The van der Waals surface area contributed by atoms with Crippen molar-refractivity contribution >= 4 is 17.5 Å². The van der Waals surface area contributed by atoms with E-state index in [1.165, 1.54) is 0 Å². The van der Waals surface area contributed by atoms with Gasteiger partial charge in [-0.1, -0.05) is 24.4 Å². The van der Waals surface area contributed by atoms with Crippen molar-refractivity contribution in [1.82, 2.24) is 5.32 Å². The van der Waals surface area contributed by atoms with Gasteiger partial charge in [0, 0.05) is 5.02 Å². The van der Waals surface area contributed by atoms with E-state index in [0.717, 1.165) is 31.2 Å². The molecule has 2 atom stereocenters. The first-order valence-electron chi connectivity index (χ1n) is 6.92. The van der Waals surface area contributed by atoms with Crippen LogP contribution in [-0.2, 0) is 4.79 Å². The zero-order valence-electron chi connectivity index (χ0n) is 11.6. The first-order valence-corrected chi connectivity index (χ1v) is 7.30. The molecule has 0 aromatic heterocycles. The predicted octanol–water partition coefficient (Wildman–Crippen LogP) is 2.45. The van der Waals surface area contributed by atoms with Crippen LogP contribution in [0.2, 0.25) is 5.02 Å². The molecule has 0 saturated heterocycles. The minimum absolute atomic E-state index is 0.0499. The van der Waals surface area contributed by atoms with Crippen LogP contribution >= 0.6 is 11.6 Å². The molecule has 1 saturated carbocycles. The lowest BCUT2D eigenvalue weighted by atomic mass is 9.92. The van der Waals surface area contributed by atoms with E-state index < -0.39 is 6.10 Å². The van der Waals surface area contributed by atoms with Crippen LogP contribution in [0.1, 0.15) is 31.2 Å². The summed E-state index contributed by atoms with van der Waals surface area (Å²) in [6.45, 7) is 1.83. The molecule has 110 valence electrons. The average Bonchev–Trinajstić information content (AvgIpc) is 2.40. The highest BCUT2D eigenvalue weighted by Gasteiger charge is 2.24. The van der Waals surface area contributed by atoms with Crippen LogP contribution in [0.4, 0.5) is 0 Å². The summed E-state index contributed by atoms with van der Waals surface area (Å²) in [5.74, 6) is 0.444. The molecule has 1 amide bonds. The number of aliphatic hydroxyl groups is 1. The molecule has 2 rings (SSSR count). The summed E-state index contributed by atoms with van der Waals surface area (Å²) < 4.78 is 5.48. The highest BCUT2D eigenvalue weighted by molar-refractivity contribution is 6.30. The van der Waals surface area contributed by atoms with Crippen LogP contribution in [0.25, 0.3) is 0 Å². The summed E-state index contributed by atoms with van der Waals surface area (Å²) in [4.78, 5) is 11.8. The van der Waals surface area contributed by atoms with Gasteiger partial charge in [-0.3, -0.25) is 4.79 Å². The van der Waals surface area contributed by atoms with Gasteiger partial charge in [-0.05, 0) is 43.5 Å². The SMILES string of the molecule is Cc1cc(Cl)ccc1OCC(=O)N[C@@H]1CCCC[C@H]1O. The molecule has 1 fully saturated rings. The van der Waals surface area contributed by atoms with Gasteiger partial charge in [-0.2, -0.15) is 0 Å². The van der Waals surface area contributed by atoms with Gasteiger partial charge in [0.1, 0.15) is 5.75 Å². The molecule has 0 radical (unpaired) electrons. The number of hydrogen-bond donors (Lipinski definition) is 2. The Morgan fingerprint density at radius 3 is 2.90 bits per heavy atom. The fourth-order valence-electron chi connectivity index (χ4n) is 2.45. The zero-order valence-corrected chi connectivity index (χ0v) is 12.3. The second-order valence-corrected chi connectivity index (χ2v) is 5.66. The van der Waals surface area contributed by atoms with Crippen LogP contribution in [0.5, 0.6) is 5.75 Å². The molecule has 0 spiro atoms. The highest BCUT2D eigenvalue weighted by atomic mass is 35.5. The van der Waals surface area contributed by atoms with E-state index in [1.807, 2.05) is 6.92 Å². The van der Waals surface area contributed by atoms with Gasteiger partial charge in [-0.25, -0.2) is 0 Å². The van der Waals surface area contributed by atoms with Crippen LogP contribution in [0, 0.1) is 6.92 Å². The third-order valence-electron chi connectivity index (χ3n) is 3.57. The monoisotopic (exact) mass is 297 g/mol. The highest BCUT2D eigenvalue weighted by Crippen LogP contribution is 2.22. The van der Waals surface area contributed by atoms with Crippen LogP contribution in [0.15, 0.2) is 18.2 Å². The van der Waals surface area contributed by atoms with Crippen molar-refractivity contribution < 1.29 is 14.6 Å². The minimum atomic E-state index is -0.440. The minimum Gasteiger partial charge on any atom is -0.484 e. The molecule has 0 heterocycles. The Kier molecular flexibility index (Phi) is 5.26. The number of carbonyl (C=O) groups excluding carboxylic acids is 1. The van der Waals surface area contributed by atoms with Crippen LogP contribution < -0.4 is 10.1 Å². The summed E-state index contributed by atoms with van der Waals surface area (Å²) >= 11 is 5.86. The Morgan fingerprint density at radius 2 is 2.20 bits per heavy atom. The summed E-state index contributed by atoms with van der Waals surface area (Å²) in [5, 5.41) is 13.3. The Morgan fingerprint density at radius 1 is 1.45 bits per heavy atom. The second kappa shape index (κ2) is 6.95. The summed E-state index contributed by atoms with van der Waals surface area (Å²) in [6, 6.07) is 5.12. The molecule has 1 aromatic rings. The normalized spacial score (nSPS) is 22.4. The number of benzene rings is 1. The Hall–Kier alpha value is -1.26. The maximum Gasteiger partial charge on any atom is 0.258 e.